The highest BCUT2D eigenvalue weighted by molar-refractivity contribution is 6.31. The molecule has 2 aromatic rings. The van der Waals surface area contributed by atoms with Gasteiger partial charge in [-0.1, -0.05) is 17.7 Å². The van der Waals surface area contributed by atoms with Crippen LogP contribution in [-0.2, 0) is 11.3 Å². The zero-order chi connectivity index (χ0) is 13.5. The van der Waals surface area contributed by atoms with E-state index in [2.05, 4.69) is 15.5 Å². The van der Waals surface area contributed by atoms with Gasteiger partial charge in [-0.25, -0.2) is 10.4 Å². The van der Waals surface area contributed by atoms with E-state index in [4.69, 9.17) is 11.6 Å². The van der Waals surface area contributed by atoms with E-state index in [-0.39, 0.29) is 24.9 Å². The lowest BCUT2D eigenvalue weighted by Gasteiger charge is -1.97. The quantitative estimate of drug-likeness (QED) is 0.313. The van der Waals surface area contributed by atoms with Crippen LogP contribution in [0.25, 0.3) is 0 Å². The molecule has 7 heteroatoms. The van der Waals surface area contributed by atoms with Crippen molar-refractivity contribution in [1.29, 1.82) is 0 Å². The molecule has 2 aromatic heterocycles. The molecule has 2 rings (SSSR count). The van der Waals surface area contributed by atoms with E-state index in [9.17, 15) is 4.79 Å². The number of aromatic nitrogens is 2. The molecule has 0 saturated carbocycles. The van der Waals surface area contributed by atoms with Crippen molar-refractivity contribution in [3.63, 3.8) is 0 Å². The van der Waals surface area contributed by atoms with Gasteiger partial charge in [0.25, 0.3) is 0 Å². The number of halogens is 2. The van der Waals surface area contributed by atoms with Crippen molar-refractivity contribution in [1.82, 2.24) is 10.4 Å². The topological polar surface area (TPSA) is 58.2 Å². The number of rotatable bonds is 4. The van der Waals surface area contributed by atoms with E-state index in [1.54, 1.807) is 35.3 Å². The molecule has 1 amide bonds. The molecular weight excluding hydrogens is 299 g/mol. The van der Waals surface area contributed by atoms with Gasteiger partial charge in [-0.15, -0.1) is 0 Å². The minimum Gasteiger partial charge on any atom is -1.00 e. The first kappa shape index (κ1) is 16.1. The van der Waals surface area contributed by atoms with Gasteiger partial charge in [-0.2, -0.15) is 9.67 Å². The van der Waals surface area contributed by atoms with Gasteiger partial charge in [0.1, 0.15) is 5.15 Å². The fraction of sp³-hybridized carbons (Fsp3) is 0.0769. The number of pyridine rings is 2. The maximum Gasteiger partial charge on any atom is 0.305 e. The molecule has 0 unspecified atom stereocenters. The third-order valence-corrected chi connectivity index (χ3v) is 2.60. The molecule has 5 nitrogen and oxygen atoms in total. The lowest BCUT2D eigenvalue weighted by atomic mass is 10.3. The molecule has 0 aliphatic heterocycles. The van der Waals surface area contributed by atoms with Crippen LogP contribution in [0.5, 0.6) is 0 Å². The lowest BCUT2D eigenvalue weighted by Crippen LogP contribution is -3.00. The highest BCUT2D eigenvalue weighted by Gasteiger charge is 2.06. The second-order valence-corrected chi connectivity index (χ2v) is 4.08. The van der Waals surface area contributed by atoms with Gasteiger partial charge in [-0.05, 0) is 12.1 Å². The number of hydrogen-bond donors (Lipinski definition) is 1. The van der Waals surface area contributed by atoms with E-state index in [0.29, 0.717) is 10.7 Å². The summed E-state index contributed by atoms with van der Waals surface area (Å²) in [4.78, 5) is 15.5. The van der Waals surface area contributed by atoms with E-state index in [0.717, 1.165) is 0 Å². The molecule has 104 valence electrons. The Labute approximate surface area is 127 Å². The van der Waals surface area contributed by atoms with Crippen LogP contribution in [0.15, 0.2) is 54.0 Å². The molecule has 0 radical (unpaired) electrons. The van der Waals surface area contributed by atoms with Crippen molar-refractivity contribution >= 4 is 23.7 Å². The Kier molecular flexibility index (Phi) is 6.63. The van der Waals surface area contributed by atoms with Gasteiger partial charge in [-0.3, -0.25) is 4.79 Å². The maximum absolute atomic E-state index is 11.6. The highest BCUT2D eigenvalue weighted by atomic mass is 35.5. The zero-order valence-corrected chi connectivity index (χ0v) is 11.9. The van der Waals surface area contributed by atoms with Gasteiger partial charge < -0.3 is 12.4 Å². The van der Waals surface area contributed by atoms with Gasteiger partial charge in [0.2, 0.25) is 6.54 Å². The Morgan fingerprint density at radius 1 is 1.35 bits per heavy atom. The Hall–Kier alpha value is -1.98. The third-order valence-electron chi connectivity index (χ3n) is 2.28. The second kappa shape index (κ2) is 8.24. The fourth-order valence-corrected chi connectivity index (χ4v) is 1.58. The number of carbonyl (C=O) groups is 1. The van der Waals surface area contributed by atoms with Crippen LogP contribution < -0.4 is 22.4 Å². The minimum atomic E-state index is -0.215. The smallest absolute Gasteiger partial charge is 0.305 e. The van der Waals surface area contributed by atoms with E-state index in [1.807, 2.05) is 18.2 Å². The Balaban J connectivity index is 0.00000200. The lowest BCUT2D eigenvalue weighted by molar-refractivity contribution is -0.684. The number of hydrazone groups is 1. The van der Waals surface area contributed by atoms with Crippen LogP contribution in [0.4, 0.5) is 0 Å². The van der Waals surface area contributed by atoms with Gasteiger partial charge in [0.15, 0.2) is 12.4 Å². The highest BCUT2D eigenvalue weighted by Crippen LogP contribution is 2.07. The van der Waals surface area contributed by atoms with Crippen LogP contribution in [0, 0.1) is 0 Å². The van der Waals surface area contributed by atoms with Gasteiger partial charge >= 0.3 is 5.91 Å². The van der Waals surface area contributed by atoms with Crippen LogP contribution in [-0.4, -0.2) is 17.1 Å². The Bertz CT molecular complexity index is 590. The SMILES string of the molecule is O=C(C[n+]1ccccc1)N/N=C/c1cccnc1Cl.[Cl-]. The number of nitrogens with zero attached hydrogens (tertiary/aromatic N) is 3. The first-order valence-electron chi connectivity index (χ1n) is 5.62. The summed E-state index contributed by atoms with van der Waals surface area (Å²) in [5.74, 6) is -0.215. The summed E-state index contributed by atoms with van der Waals surface area (Å²) >= 11 is 5.85. The van der Waals surface area contributed by atoms with Crippen LogP contribution in [0.3, 0.4) is 0 Å². The summed E-state index contributed by atoms with van der Waals surface area (Å²) in [5.41, 5.74) is 3.08. The molecule has 0 spiro atoms. The van der Waals surface area contributed by atoms with Crippen molar-refractivity contribution in [3.05, 3.63) is 59.6 Å². The molecule has 0 fully saturated rings. The summed E-state index contributed by atoms with van der Waals surface area (Å²) in [7, 11) is 0. The number of nitrogens with one attached hydrogen (secondary N) is 1. The largest absolute Gasteiger partial charge is 1.00 e. The first-order chi connectivity index (χ1) is 9.25. The first-order valence-corrected chi connectivity index (χ1v) is 6.00. The Morgan fingerprint density at radius 2 is 2.10 bits per heavy atom. The van der Waals surface area contributed by atoms with Crippen LogP contribution in [0.2, 0.25) is 5.15 Å². The predicted molar refractivity (Wildman–Crippen MR) is 71.6 cm³/mol. The summed E-state index contributed by atoms with van der Waals surface area (Å²) in [6.07, 6.45) is 6.66. The molecule has 0 aromatic carbocycles. The van der Waals surface area contributed by atoms with E-state index < -0.39 is 0 Å². The fourth-order valence-electron chi connectivity index (χ4n) is 1.41. The van der Waals surface area contributed by atoms with Crippen LogP contribution >= 0.6 is 11.6 Å². The molecule has 0 aliphatic rings. The molecule has 1 N–H and O–H groups in total. The minimum absolute atomic E-state index is 0. The predicted octanol–water partition coefficient (Wildman–Crippen LogP) is -1.82. The zero-order valence-electron chi connectivity index (χ0n) is 10.4. The average molecular weight is 311 g/mol. The maximum atomic E-state index is 11.6. The molecule has 0 atom stereocenters. The van der Waals surface area contributed by atoms with Crippen molar-refractivity contribution in [2.45, 2.75) is 6.54 Å². The molecule has 0 bridgehead atoms. The van der Waals surface area contributed by atoms with E-state index in [1.165, 1.54) is 6.21 Å². The molecular formula is C13H12Cl2N4O. The molecule has 0 aliphatic carbocycles. The summed E-state index contributed by atoms with van der Waals surface area (Å²) in [6.45, 7) is 0.207. The number of hydrogen-bond acceptors (Lipinski definition) is 3. The average Bonchev–Trinajstić information content (AvgIpc) is 2.42. The van der Waals surface area contributed by atoms with Gasteiger partial charge in [0, 0.05) is 23.9 Å². The standard InChI is InChI=1S/C13H11ClN4O.ClH/c14-13-11(5-4-6-15-13)9-16-17-12(19)10-18-7-2-1-3-8-18;/h1-9H,10H2;1H/b16-9+;. The summed E-state index contributed by atoms with van der Waals surface area (Å²) in [5, 5.41) is 4.18. The van der Waals surface area contributed by atoms with Gasteiger partial charge in [0.05, 0.1) is 6.21 Å². The second-order valence-electron chi connectivity index (χ2n) is 3.72. The summed E-state index contributed by atoms with van der Waals surface area (Å²) < 4.78 is 1.75. The van der Waals surface area contributed by atoms with E-state index >= 15 is 0 Å². The van der Waals surface area contributed by atoms with Crippen molar-refractivity contribution < 1.29 is 21.8 Å². The Morgan fingerprint density at radius 3 is 2.80 bits per heavy atom. The molecule has 2 heterocycles. The van der Waals surface area contributed by atoms with Crippen molar-refractivity contribution in [2.75, 3.05) is 0 Å². The number of amides is 1. The van der Waals surface area contributed by atoms with Crippen molar-refractivity contribution in [3.8, 4) is 0 Å². The van der Waals surface area contributed by atoms with Crippen LogP contribution in [0.1, 0.15) is 5.56 Å². The monoisotopic (exact) mass is 310 g/mol. The van der Waals surface area contributed by atoms with Crippen molar-refractivity contribution in [2.24, 2.45) is 5.10 Å². The number of carbonyl (C=O) groups excluding carboxylic acids is 1. The molecule has 20 heavy (non-hydrogen) atoms. The molecule has 0 saturated heterocycles. The normalized spacial score (nSPS) is 10.1. The third kappa shape index (κ3) is 4.95. The summed E-state index contributed by atoms with van der Waals surface area (Å²) in [6, 6.07) is 9.10.